The van der Waals surface area contributed by atoms with Crippen LogP contribution in [-0.4, -0.2) is 53.7 Å². The van der Waals surface area contributed by atoms with Crippen molar-refractivity contribution in [3.8, 4) is 10.6 Å². The molecule has 0 saturated carbocycles. The molecule has 0 aliphatic rings. The number of ether oxygens (including phenoxy) is 1. The minimum absolute atomic E-state index is 0.0522. The molecule has 0 aliphatic heterocycles. The van der Waals surface area contributed by atoms with Crippen molar-refractivity contribution in [2.75, 3.05) is 32.1 Å². The fourth-order valence-corrected chi connectivity index (χ4v) is 3.91. The Kier molecular flexibility index (Phi) is 8.21. The Morgan fingerprint density at radius 2 is 1.97 bits per heavy atom. The summed E-state index contributed by atoms with van der Waals surface area (Å²) in [7, 11) is 1.52. The molecular weight excluding hydrogens is 487 g/mol. The molecule has 0 atom stereocenters. The lowest BCUT2D eigenvalue weighted by atomic mass is 10.2. The third-order valence-electron chi connectivity index (χ3n) is 4.28. The Morgan fingerprint density at radius 3 is 2.71 bits per heavy atom. The van der Waals surface area contributed by atoms with E-state index in [-0.39, 0.29) is 36.9 Å². The monoisotopic (exact) mass is 506 g/mol. The highest BCUT2D eigenvalue weighted by Crippen LogP contribution is 2.28. The lowest BCUT2D eigenvalue weighted by molar-refractivity contribution is -0.116. The van der Waals surface area contributed by atoms with Gasteiger partial charge in [0.05, 0.1) is 6.61 Å². The van der Waals surface area contributed by atoms with E-state index >= 15 is 0 Å². The molecular formula is C21H20BrFN4O3S. The van der Waals surface area contributed by atoms with Crippen LogP contribution in [0.4, 0.5) is 9.52 Å². The molecule has 7 nitrogen and oxygen atoms in total. The van der Waals surface area contributed by atoms with Crippen LogP contribution in [-0.2, 0) is 9.53 Å². The van der Waals surface area contributed by atoms with Crippen molar-refractivity contribution < 1.29 is 18.7 Å². The number of anilines is 1. The number of halogens is 2. The third kappa shape index (κ3) is 6.65. The summed E-state index contributed by atoms with van der Waals surface area (Å²) in [5.74, 6) is -1.16. The van der Waals surface area contributed by atoms with Gasteiger partial charge >= 0.3 is 0 Å². The van der Waals surface area contributed by atoms with Gasteiger partial charge in [0.25, 0.3) is 5.91 Å². The molecule has 10 heteroatoms. The van der Waals surface area contributed by atoms with E-state index in [0.717, 1.165) is 10.0 Å². The highest BCUT2D eigenvalue weighted by Gasteiger charge is 2.18. The molecule has 3 aromatic rings. The zero-order chi connectivity index (χ0) is 22.2. The molecule has 0 spiro atoms. The Morgan fingerprint density at radius 1 is 1.16 bits per heavy atom. The van der Waals surface area contributed by atoms with Crippen LogP contribution in [0.2, 0.25) is 0 Å². The quantitative estimate of drug-likeness (QED) is 0.469. The van der Waals surface area contributed by atoms with Gasteiger partial charge in [0.1, 0.15) is 10.8 Å². The summed E-state index contributed by atoms with van der Waals surface area (Å²) in [5.41, 5.74) is 1.11. The van der Waals surface area contributed by atoms with E-state index in [2.05, 4.69) is 31.4 Å². The topological polar surface area (TPSA) is 84.4 Å². The zero-order valence-corrected chi connectivity index (χ0v) is 19.1. The summed E-state index contributed by atoms with van der Waals surface area (Å²) in [6.45, 7) is 0.738. The highest BCUT2D eigenvalue weighted by atomic mass is 79.9. The molecule has 2 aromatic carbocycles. The van der Waals surface area contributed by atoms with Crippen LogP contribution in [0.1, 0.15) is 16.8 Å². The van der Waals surface area contributed by atoms with Gasteiger partial charge in [-0.2, -0.15) is 0 Å². The Bertz CT molecular complexity index is 1060. The van der Waals surface area contributed by atoms with Crippen LogP contribution < -0.4 is 5.32 Å². The summed E-state index contributed by atoms with van der Waals surface area (Å²) >= 11 is 4.67. The predicted octanol–water partition coefficient (Wildman–Crippen LogP) is 4.22. The molecule has 0 bridgehead atoms. The smallest absolute Gasteiger partial charge is 0.254 e. The maximum Gasteiger partial charge on any atom is 0.254 e. The maximum atomic E-state index is 13.5. The number of nitrogens with zero attached hydrogens (tertiary/aromatic N) is 3. The Labute approximate surface area is 191 Å². The van der Waals surface area contributed by atoms with Crippen molar-refractivity contribution in [2.45, 2.75) is 6.42 Å². The maximum absolute atomic E-state index is 13.5. The van der Waals surface area contributed by atoms with Crippen LogP contribution in [0.15, 0.2) is 53.0 Å². The minimum Gasteiger partial charge on any atom is -0.383 e. The number of hydrogen-bond donors (Lipinski definition) is 1. The molecule has 31 heavy (non-hydrogen) atoms. The summed E-state index contributed by atoms with van der Waals surface area (Å²) in [6.07, 6.45) is 0.0522. The summed E-state index contributed by atoms with van der Waals surface area (Å²) < 4.78 is 19.4. The molecule has 0 radical (unpaired) electrons. The molecule has 2 amide bonds. The number of amides is 2. The van der Waals surface area contributed by atoms with Crippen LogP contribution >= 0.6 is 27.3 Å². The predicted molar refractivity (Wildman–Crippen MR) is 120 cm³/mol. The first-order valence-electron chi connectivity index (χ1n) is 9.39. The zero-order valence-electron chi connectivity index (χ0n) is 16.7. The summed E-state index contributed by atoms with van der Waals surface area (Å²) in [4.78, 5) is 26.6. The minimum atomic E-state index is -0.493. The van der Waals surface area contributed by atoms with E-state index in [4.69, 9.17) is 4.74 Å². The summed E-state index contributed by atoms with van der Waals surface area (Å²) in [6, 6.07) is 13.1. The number of benzene rings is 2. The van der Waals surface area contributed by atoms with Gasteiger partial charge in [0.2, 0.25) is 11.0 Å². The van der Waals surface area contributed by atoms with Crippen molar-refractivity contribution in [3.05, 3.63) is 64.4 Å². The van der Waals surface area contributed by atoms with Crippen molar-refractivity contribution in [1.82, 2.24) is 15.1 Å². The van der Waals surface area contributed by atoms with E-state index in [1.165, 1.54) is 47.6 Å². The van der Waals surface area contributed by atoms with Crippen LogP contribution in [0.25, 0.3) is 10.6 Å². The van der Waals surface area contributed by atoms with E-state index in [1.807, 2.05) is 24.3 Å². The van der Waals surface area contributed by atoms with Crippen molar-refractivity contribution in [2.24, 2.45) is 0 Å². The number of nitrogens with one attached hydrogen (secondary N) is 1. The van der Waals surface area contributed by atoms with Gasteiger partial charge in [-0.3, -0.25) is 9.59 Å². The van der Waals surface area contributed by atoms with Gasteiger partial charge in [0, 0.05) is 42.2 Å². The van der Waals surface area contributed by atoms with Gasteiger partial charge < -0.3 is 15.0 Å². The van der Waals surface area contributed by atoms with Gasteiger partial charge in [-0.25, -0.2) is 4.39 Å². The molecule has 162 valence electrons. The fraction of sp³-hybridized carbons (Fsp3) is 0.238. The third-order valence-corrected chi connectivity index (χ3v) is 5.66. The van der Waals surface area contributed by atoms with E-state index < -0.39 is 5.82 Å². The molecule has 0 unspecified atom stereocenters. The average molecular weight is 507 g/mol. The number of aromatic nitrogens is 2. The van der Waals surface area contributed by atoms with Crippen LogP contribution in [0.5, 0.6) is 0 Å². The van der Waals surface area contributed by atoms with Crippen molar-refractivity contribution in [3.63, 3.8) is 0 Å². The molecule has 0 aliphatic carbocycles. The lowest BCUT2D eigenvalue weighted by Crippen LogP contribution is -2.36. The first-order valence-corrected chi connectivity index (χ1v) is 11.0. The largest absolute Gasteiger partial charge is 0.383 e. The molecule has 1 heterocycles. The van der Waals surface area contributed by atoms with E-state index in [9.17, 15) is 14.0 Å². The molecule has 0 fully saturated rings. The van der Waals surface area contributed by atoms with Gasteiger partial charge in [0.15, 0.2) is 0 Å². The lowest BCUT2D eigenvalue weighted by Gasteiger charge is -2.22. The fourth-order valence-electron chi connectivity index (χ4n) is 2.75. The molecule has 3 rings (SSSR count). The molecule has 1 aromatic heterocycles. The SMILES string of the molecule is COCCN(CCC(=O)Nc1nnc(-c2cccc(Br)c2)s1)C(=O)c1cccc(F)c1. The molecule has 1 N–H and O–H groups in total. The highest BCUT2D eigenvalue weighted by molar-refractivity contribution is 9.10. The van der Waals surface area contributed by atoms with E-state index in [0.29, 0.717) is 16.7 Å². The Balaban J connectivity index is 1.60. The van der Waals surface area contributed by atoms with Crippen LogP contribution in [0.3, 0.4) is 0 Å². The number of rotatable bonds is 9. The van der Waals surface area contributed by atoms with Gasteiger partial charge in [-0.15, -0.1) is 10.2 Å². The number of carbonyl (C=O) groups excluding carboxylic acids is 2. The second-order valence-electron chi connectivity index (χ2n) is 6.52. The second kappa shape index (κ2) is 11.1. The van der Waals surface area contributed by atoms with Gasteiger partial charge in [-0.05, 0) is 30.3 Å². The normalized spacial score (nSPS) is 10.7. The second-order valence-corrected chi connectivity index (χ2v) is 8.41. The Hall–Kier alpha value is -2.69. The van der Waals surface area contributed by atoms with Crippen LogP contribution in [0, 0.1) is 5.82 Å². The van der Waals surface area contributed by atoms with Crippen molar-refractivity contribution >= 4 is 44.2 Å². The van der Waals surface area contributed by atoms with Crippen molar-refractivity contribution in [1.29, 1.82) is 0 Å². The first kappa shape index (κ1) is 23.0. The first-order chi connectivity index (χ1) is 15.0. The average Bonchev–Trinajstić information content (AvgIpc) is 3.22. The molecule has 0 saturated heterocycles. The van der Waals surface area contributed by atoms with E-state index in [1.54, 1.807) is 0 Å². The standard InChI is InChI=1S/C21H20BrFN4O3S/c1-30-11-10-27(20(29)15-5-3-7-17(23)13-15)9-8-18(28)24-21-26-25-19(31-21)14-4-2-6-16(22)12-14/h2-7,12-13H,8-11H2,1H3,(H,24,26,28). The number of carbonyl (C=O) groups is 2. The van der Waals surface area contributed by atoms with Gasteiger partial charge in [-0.1, -0.05) is 45.5 Å². The summed E-state index contributed by atoms with van der Waals surface area (Å²) in [5, 5.41) is 11.9. The number of hydrogen-bond acceptors (Lipinski definition) is 6. The number of methoxy groups -OCH3 is 1.